The SMILES string of the molecule is CCCc1cccc(OC(=O)N(C)CCOC)c1. The zero-order valence-corrected chi connectivity index (χ0v) is 11.3. The van der Waals surface area contributed by atoms with Crippen molar-refractivity contribution in [3.63, 3.8) is 0 Å². The third-order valence-corrected chi connectivity index (χ3v) is 2.58. The fraction of sp³-hybridized carbons (Fsp3) is 0.500. The molecule has 4 nitrogen and oxygen atoms in total. The minimum Gasteiger partial charge on any atom is -0.410 e. The molecular weight excluding hydrogens is 230 g/mol. The molecule has 1 amide bonds. The van der Waals surface area contributed by atoms with Gasteiger partial charge in [0.15, 0.2) is 0 Å². The molecule has 0 bridgehead atoms. The van der Waals surface area contributed by atoms with Gasteiger partial charge in [0.05, 0.1) is 6.61 Å². The molecule has 0 fully saturated rings. The maximum absolute atomic E-state index is 11.7. The zero-order valence-electron chi connectivity index (χ0n) is 11.3. The fourth-order valence-electron chi connectivity index (χ4n) is 1.55. The van der Waals surface area contributed by atoms with Gasteiger partial charge in [-0.2, -0.15) is 0 Å². The van der Waals surface area contributed by atoms with Gasteiger partial charge in [-0.3, -0.25) is 0 Å². The molecule has 0 aliphatic carbocycles. The lowest BCUT2D eigenvalue weighted by Crippen LogP contribution is -2.32. The number of rotatable bonds is 6. The summed E-state index contributed by atoms with van der Waals surface area (Å²) in [4.78, 5) is 13.2. The van der Waals surface area contributed by atoms with Gasteiger partial charge in [0, 0.05) is 20.7 Å². The lowest BCUT2D eigenvalue weighted by atomic mass is 10.1. The number of benzene rings is 1. The van der Waals surface area contributed by atoms with Gasteiger partial charge in [0.1, 0.15) is 5.75 Å². The van der Waals surface area contributed by atoms with Crippen molar-refractivity contribution in [2.24, 2.45) is 0 Å². The Balaban J connectivity index is 2.55. The highest BCUT2D eigenvalue weighted by Crippen LogP contribution is 2.15. The van der Waals surface area contributed by atoms with E-state index < -0.39 is 0 Å². The van der Waals surface area contributed by atoms with E-state index in [2.05, 4.69) is 6.92 Å². The Morgan fingerprint density at radius 2 is 2.17 bits per heavy atom. The van der Waals surface area contributed by atoms with Crippen molar-refractivity contribution in [1.29, 1.82) is 0 Å². The summed E-state index contributed by atoms with van der Waals surface area (Å²) in [5, 5.41) is 0. The summed E-state index contributed by atoms with van der Waals surface area (Å²) in [6.07, 6.45) is 1.71. The molecule has 1 rings (SSSR count). The van der Waals surface area contributed by atoms with Gasteiger partial charge in [0.25, 0.3) is 0 Å². The van der Waals surface area contributed by atoms with Crippen LogP contribution in [0.15, 0.2) is 24.3 Å². The van der Waals surface area contributed by atoms with Crippen LogP contribution in [0.5, 0.6) is 5.75 Å². The van der Waals surface area contributed by atoms with Crippen molar-refractivity contribution < 1.29 is 14.3 Å². The van der Waals surface area contributed by atoms with Crippen LogP contribution in [0.1, 0.15) is 18.9 Å². The topological polar surface area (TPSA) is 38.8 Å². The molecule has 0 N–H and O–H groups in total. The van der Waals surface area contributed by atoms with Crippen molar-refractivity contribution in [3.8, 4) is 5.75 Å². The van der Waals surface area contributed by atoms with E-state index in [4.69, 9.17) is 9.47 Å². The van der Waals surface area contributed by atoms with E-state index in [1.165, 1.54) is 10.5 Å². The van der Waals surface area contributed by atoms with Gasteiger partial charge in [-0.25, -0.2) is 4.79 Å². The number of ether oxygens (including phenoxy) is 2. The number of carbonyl (C=O) groups excluding carboxylic acids is 1. The monoisotopic (exact) mass is 251 g/mol. The van der Waals surface area contributed by atoms with Gasteiger partial charge in [-0.15, -0.1) is 0 Å². The van der Waals surface area contributed by atoms with E-state index in [1.807, 2.05) is 18.2 Å². The highest BCUT2D eigenvalue weighted by molar-refractivity contribution is 5.70. The van der Waals surface area contributed by atoms with Crippen molar-refractivity contribution in [2.45, 2.75) is 19.8 Å². The number of hydrogen-bond donors (Lipinski definition) is 0. The molecule has 100 valence electrons. The number of nitrogens with zero attached hydrogens (tertiary/aromatic N) is 1. The molecule has 1 aromatic carbocycles. The minimum absolute atomic E-state index is 0.360. The predicted molar refractivity (Wildman–Crippen MR) is 71.0 cm³/mol. The Hall–Kier alpha value is -1.55. The molecule has 4 heteroatoms. The van der Waals surface area contributed by atoms with Crippen LogP contribution in [0, 0.1) is 0 Å². The Bertz CT molecular complexity index is 379. The first-order chi connectivity index (χ1) is 8.67. The number of carbonyl (C=O) groups is 1. The molecule has 1 aromatic rings. The van der Waals surface area contributed by atoms with Crippen LogP contribution < -0.4 is 4.74 Å². The van der Waals surface area contributed by atoms with Crippen LogP contribution in [0.25, 0.3) is 0 Å². The maximum atomic E-state index is 11.7. The van der Waals surface area contributed by atoms with Crippen LogP contribution in [0.2, 0.25) is 0 Å². The summed E-state index contributed by atoms with van der Waals surface area (Å²) < 4.78 is 10.2. The standard InChI is InChI=1S/C14H21NO3/c1-4-6-12-7-5-8-13(11-12)18-14(16)15(2)9-10-17-3/h5,7-8,11H,4,6,9-10H2,1-3H3. The average molecular weight is 251 g/mol. The van der Waals surface area contributed by atoms with Gasteiger partial charge in [0.2, 0.25) is 0 Å². The Morgan fingerprint density at radius 3 is 2.83 bits per heavy atom. The second-order valence-corrected chi connectivity index (χ2v) is 4.18. The lowest BCUT2D eigenvalue weighted by Gasteiger charge is -2.16. The van der Waals surface area contributed by atoms with Crippen molar-refractivity contribution in [2.75, 3.05) is 27.3 Å². The van der Waals surface area contributed by atoms with Gasteiger partial charge in [-0.1, -0.05) is 25.5 Å². The highest BCUT2D eigenvalue weighted by Gasteiger charge is 2.10. The van der Waals surface area contributed by atoms with E-state index >= 15 is 0 Å². The number of hydrogen-bond acceptors (Lipinski definition) is 3. The van der Waals surface area contributed by atoms with E-state index in [0.717, 1.165) is 12.8 Å². The van der Waals surface area contributed by atoms with E-state index in [1.54, 1.807) is 20.2 Å². The molecule has 0 aromatic heterocycles. The molecule has 0 radical (unpaired) electrons. The zero-order chi connectivity index (χ0) is 13.4. The summed E-state index contributed by atoms with van der Waals surface area (Å²) in [7, 11) is 3.30. The quantitative estimate of drug-likeness (QED) is 0.780. The largest absolute Gasteiger partial charge is 0.415 e. The first-order valence-corrected chi connectivity index (χ1v) is 6.18. The van der Waals surface area contributed by atoms with Crippen molar-refractivity contribution >= 4 is 6.09 Å². The molecule has 0 atom stereocenters. The first-order valence-electron chi connectivity index (χ1n) is 6.18. The summed E-state index contributed by atoms with van der Waals surface area (Å²) in [6, 6.07) is 7.64. The Kier molecular flexibility index (Phi) is 6.22. The average Bonchev–Trinajstić information content (AvgIpc) is 2.36. The molecule has 0 saturated heterocycles. The Labute approximate surface area is 108 Å². The molecule has 0 heterocycles. The van der Waals surface area contributed by atoms with Gasteiger partial charge >= 0.3 is 6.09 Å². The van der Waals surface area contributed by atoms with E-state index in [0.29, 0.717) is 18.9 Å². The van der Waals surface area contributed by atoms with Crippen LogP contribution in [-0.4, -0.2) is 38.3 Å². The fourth-order valence-corrected chi connectivity index (χ4v) is 1.55. The van der Waals surface area contributed by atoms with E-state index in [9.17, 15) is 4.79 Å². The molecule has 18 heavy (non-hydrogen) atoms. The van der Waals surface area contributed by atoms with Crippen LogP contribution in [0.4, 0.5) is 4.79 Å². The number of likely N-dealkylation sites (N-methyl/N-ethyl adjacent to an activating group) is 1. The maximum Gasteiger partial charge on any atom is 0.415 e. The Morgan fingerprint density at radius 1 is 1.39 bits per heavy atom. The molecule has 0 saturated carbocycles. The second-order valence-electron chi connectivity index (χ2n) is 4.18. The molecule has 0 spiro atoms. The first kappa shape index (κ1) is 14.5. The van der Waals surface area contributed by atoms with Crippen LogP contribution in [-0.2, 0) is 11.2 Å². The van der Waals surface area contributed by atoms with Crippen LogP contribution in [0.3, 0.4) is 0 Å². The van der Waals surface area contributed by atoms with Crippen molar-refractivity contribution in [1.82, 2.24) is 4.90 Å². The highest BCUT2D eigenvalue weighted by atomic mass is 16.6. The smallest absolute Gasteiger partial charge is 0.410 e. The molecular formula is C14H21NO3. The number of aryl methyl sites for hydroxylation is 1. The van der Waals surface area contributed by atoms with E-state index in [-0.39, 0.29) is 6.09 Å². The third kappa shape index (κ3) is 4.75. The number of amides is 1. The molecule has 0 aliphatic rings. The van der Waals surface area contributed by atoms with Gasteiger partial charge < -0.3 is 14.4 Å². The summed E-state index contributed by atoms with van der Waals surface area (Å²) in [6.45, 7) is 3.14. The van der Waals surface area contributed by atoms with Crippen molar-refractivity contribution in [3.05, 3.63) is 29.8 Å². The van der Waals surface area contributed by atoms with Gasteiger partial charge in [-0.05, 0) is 24.1 Å². The van der Waals surface area contributed by atoms with Crippen LogP contribution >= 0.6 is 0 Å². The molecule has 0 unspecified atom stereocenters. The summed E-state index contributed by atoms with van der Waals surface area (Å²) >= 11 is 0. The predicted octanol–water partition coefficient (Wildman–Crippen LogP) is 2.72. The summed E-state index contributed by atoms with van der Waals surface area (Å²) in [5.41, 5.74) is 1.18. The second kappa shape index (κ2) is 7.71. The lowest BCUT2D eigenvalue weighted by molar-refractivity contribution is 0.135. The minimum atomic E-state index is -0.360. The third-order valence-electron chi connectivity index (χ3n) is 2.58. The molecule has 0 aliphatic heterocycles. The number of methoxy groups -OCH3 is 1. The summed E-state index contributed by atoms with van der Waals surface area (Å²) in [5.74, 6) is 0.593. The normalized spacial score (nSPS) is 10.2.